The number of hydrogen-bond donors (Lipinski definition) is 16. The molecule has 0 aromatic carbocycles. The van der Waals surface area contributed by atoms with Gasteiger partial charge in [0.1, 0.15) is 0 Å². The van der Waals surface area contributed by atoms with E-state index in [2.05, 4.69) is 48.5 Å². The zero-order valence-corrected chi connectivity index (χ0v) is 54.6. The smallest absolute Gasteiger partial charge is 0.0874 e. The van der Waals surface area contributed by atoms with Crippen molar-refractivity contribution in [2.45, 2.75) is 338 Å². The van der Waals surface area contributed by atoms with Crippen LogP contribution in [0.2, 0.25) is 0 Å². The lowest BCUT2D eigenvalue weighted by Crippen LogP contribution is -2.36. The number of hydrogen-bond acceptors (Lipinski definition) is 16. The Morgan fingerprint density at radius 1 is 0.354 bits per heavy atom. The van der Waals surface area contributed by atoms with Crippen molar-refractivity contribution in [3.05, 3.63) is 0 Å². The van der Waals surface area contributed by atoms with Gasteiger partial charge in [0.2, 0.25) is 0 Å². The topological polar surface area (TPSA) is 324 Å². The Labute approximate surface area is 487 Å². The molecule has 0 heterocycles. The second-order valence-corrected chi connectivity index (χ2v) is 23.4. The van der Waals surface area contributed by atoms with Crippen LogP contribution in [0.15, 0.2) is 0 Å². The predicted molar refractivity (Wildman–Crippen MR) is 330 cm³/mol. The summed E-state index contributed by atoms with van der Waals surface area (Å²) in [7, 11) is 0. The monoisotopic (exact) mass is 1160 g/mol. The number of unbranched alkanes of at least 4 members (excludes halogenated alkanes) is 9. The lowest BCUT2D eigenvalue weighted by molar-refractivity contribution is -0.0585. The molecule has 0 aliphatic rings. The van der Waals surface area contributed by atoms with Gasteiger partial charge < -0.3 is 81.7 Å². The molecule has 0 saturated heterocycles. The van der Waals surface area contributed by atoms with Crippen LogP contribution in [0.25, 0.3) is 0 Å². The van der Waals surface area contributed by atoms with Gasteiger partial charge in [-0.2, -0.15) is 0 Å². The molecule has 0 bridgehead atoms. The van der Waals surface area contributed by atoms with Crippen LogP contribution in [0, 0.1) is 29.6 Å². The molecule has 79 heavy (non-hydrogen) atoms. The van der Waals surface area contributed by atoms with Gasteiger partial charge in [-0.3, -0.25) is 0 Å². The molecular weight excluding hydrogens is 1010 g/mol. The summed E-state index contributed by atoms with van der Waals surface area (Å²) in [4.78, 5) is 0. The van der Waals surface area contributed by atoms with E-state index < -0.39 is 60.0 Å². The molecule has 16 nitrogen and oxygen atoms in total. The molecule has 0 aromatic rings. The summed E-state index contributed by atoms with van der Waals surface area (Å²) in [6, 6.07) is 0. The van der Waals surface area contributed by atoms with Crippen molar-refractivity contribution in [2.75, 3.05) is 39.6 Å². The Hall–Kier alpha value is -0.640. The van der Waals surface area contributed by atoms with Crippen LogP contribution in [-0.4, -0.2) is 181 Å². The molecule has 0 aliphatic carbocycles. The van der Waals surface area contributed by atoms with Crippen LogP contribution in [-0.2, 0) is 0 Å². The minimum atomic E-state index is -0.935. The van der Waals surface area contributed by atoms with Crippen LogP contribution in [0.3, 0.4) is 0 Å². The molecular formula is C63H142O16. The molecule has 0 fully saturated rings. The van der Waals surface area contributed by atoms with Crippen LogP contribution in [0.4, 0.5) is 0 Å². The highest BCUT2D eigenvalue weighted by atomic mass is 16.4. The van der Waals surface area contributed by atoms with E-state index in [9.17, 15) is 30.6 Å². The first-order valence-electron chi connectivity index (χ1n) is 31.3. The van der Waals surface area contributed by atoms with Gasteiger partial charge in [-0.15, -0.1) is 0 Å². The van der Waals surface area contributed by atoms with Crippen LogP contribution >= 0.6 is 0 Å². The SMILES string of the molecule is CC(CCO)CCCCO.CC(CO)CCCCCO.CCC(C)CC(O)C(C)O.CCCC(C)C(O)C(C)O.CCCC(C)C(O)C(C)O.CCCCC(C)(O)C(C)O.CCCCC(O)C(C)(C)O.OCCCCCCCO. The van der Waals surface area contributed by atoms with Crippen molar-refractivity contribution in [3.63, 3.8) is 0 Å². The van der Waals surface area contributed by atoms with Crippen LogP contribution in [0.5, 0.6) is 0 Å². The maximum Gasteiger partial charge on any atom is 0.0874 e. The van der Waals surface area contributed by atoms with Gasteiger partial charge in [0, 0.05) is 39.6 Å². The van der Waals surface area contributed by atoms with E-state index >= 15 is 0 Å². The van der Waals surface area contributed by atoms with Gasteiger partial charge in [-0.1, -0.05) is 159 Å². The largest absolute Gasteiger partial charge is 0.396 e. The average Bonchev–Trinajstić information content (AvgIpc) is 3.39. The van der Waals surface area contributed by atoms with E-state index in [1.807, 2.05) is 20.8 Å². The maximum atomic E-state index is 9.47. The Kier molecular flexibility index (Phi) is 81.7. The molecule has 0 radical (unpaired) electrons. The minimum absolute atomic E-state index is 0.213. The fourth-order valence-corrected chi connectivity index (χ4v) is 7.07. The Morgan fingerprint density at radius 3 is 1.03 bits per heavy atom. The summed E-state index contributed by atoms with van der Waals surface area (Å²) in [5.74, 6) is 1.97. The number of aliphatic hydroxyl groups is 16. The van der Waals surface area contributed by atoms with E-state index in [1.165, 1.54) is 0 Å². The lowest BCUT2D eigenvalue weighted by atomic mass is 9.94. The highest BCUT2D eigenvalue weighted by Crippen LogP contribution is 2.18. The average molecular weight is 1160 g/mol. The molecule has 0 aliphatic heterocycles. The third-order valence-electron chi connectivity index (χ3n) is 13.8. The molecule has 0 aromatic heterocycles. The summed E-state index contributed by atoms with van der Waals surface area (Å²) in [6.45, 7) is 33.7. The standard InChI is InChI=1S/7C8H18O2.C7H16O2/c1-4-6(2)5-8(10)7(3)9;1-4-5-6-7(9)8(2,3)10;1-4-5-6-8(3,10)7(2)9;2*1-4-5-6(2)8(10)7(3)9;1-8(5-7-10)4-2-3-6-9;1-8(7-10)5-3-2-4-6-9;8-6-4-2-1-3-5-7-9/h6-10H,4-5H2,1-3H3;2*7,9-10H,4-6H2,1-3H3;2*6-10H,4-5H2,1-3H3;2*8-10H,2-7H2,1H3;8-9H,1-7H2. The molecule has 0 spiro atoms. The van der Waals surface area contributed by atoms with Gasteiger partial charge in [0.25, 0.3) is 0 Å². The van der Waals surface area contributed by atoms with E-state index in [4.69, 9.17) is 51.1 Å². The second-order valence-electron chi connectivity index (χ2n) is 23.4. The molecule has 16 N–H and O–H groups in total. The number of rotatable bonds is 38. The highest BCUT2D eigenvalue weighted by molar-refractivity contribution is 4.78. The third-order valence-corrected chi connectivity index (χ3v) is 13.8. The molecule has 16 heteroatoms. The van der Waals surface area contributed by atoms with Gasteiger partial charge in [-0.05, 0) is 149 Å². The van der Waals surface area contributed by atoms with Gasteiger partial charge in [-0.25, -0.2) is 0 Å². The maximum absolute atomic E-state index is 9.47. The van der Waals surface area contributed by atoms with Gasteiger partial charge in [0.05, 0.1) is 60.0 Å². The molecule has 0 saturated carbocycles. The zero-order chi connectivity index (χ0) is 63.4. The molecule has 490 valence electrons. The summed E-state index contributed by atoms with van der Waals surface area (Å²) in [5, 5.41) is 142. The lowest BCUT2D eigenvalue weighted by Gasteiger charge is -2.25. The van der Waals surface area contributed by atoms with Crippen LogP contribution in [0.1, 0.15) is 278 Å². The van der Waals surface area contributed by atoms with Crippen molar-refractivity contribution >= 4 is 0 Å². The van der Waals surface area contributed by atoms with Gasteiger partial charge >= 0.3 is 0 Å². The fraction of sp³-hybridized carbons (Fsp3) is 1.00. The van der Waals surface area contributed by atoms with Gasteiger partial charge in [0.15, 0.2) is 0 Å². The first-order valence-corrected chi connectivity index (χ1v) is 31.3. The summed E-state index contributed by atoms with van der Waals surface area (Å²) >= 11 is 0. The quantitative estimate of drug-likeness (QED) is 0.0256. The van der Waals surface area contributed by atoms with Crippen molar-refractivity contribution in [1.82, 2.24) is 0 Å². The normalized spacial score (nSPS) is 16.7. The Morgan fingerprint density at radius 2 is 0.722 bits per heavy atom. The first-order chi connectivity index (χ1) is 36.8. The summed E-state index contributed by atoms with van der Waals surface area (Å²) < 4.78 is 0. The van der Waals surface area contributed by atoms with E-state index in [1.54, 1.807) is 48.5 Å². The second kappa shape index (κ2) is 68.1. The predicted octanol–water partition coefficient (Wildman–Crippen LogP) is 9.37. The molecule has 14 atom stereocenters. The van der Waals surface area contributed by atoms with Crippen molar-refractivity contribution in [1.29, 1.82) is 0 Å². The Bertz CT molecular complexity index is 1050. The first kappa shape index (κ1) is 94.7. The highest BCUT2D eigenvalue weighted by Gasteiger charge is 2.25. The van der Waals surface area contributed by atoms with E-state index in [0.29, 0.717) is 76.7 Å². The molecule has 0 amide bonds. The molecule has 0 rings (SSSR count). The third kappa shape index (κ3) is 79.5. The minimum Gasteiger partial charge on any atom is -0.396 e. The van der Waals surface area contributed by atoms with Crippen LogP contribution < -0.4 is 0 Å². The molecule has 14 unspecified atom stereocenters. The fourth-order valence-electron chi connectivity index (χ4n) is 7.07. The van der Waals surface area contributed by atoms with Crippen molar-refractivity contribution < 1.29 is 81.7 Å². The zero-order valence-electron chi connectivity index (χ0n) is 54.6. The van der Waals surface area contributed by atoms with Crippen molar-refractivity contribution in [2.24, 2.45) is 29.6 Å². The Balaban J connectivity index is -0.000000122. The van der Waals surface area contributed by atoms with Crippen molar-refractivity contribution in [3.8, 4) is 0 Å². The summed E-state index contributed by atoms with van der Waals surface area (Å²) in [5.41, 5.74) is -1.83. The summed E-state index contributed by atoms with van der Waals surface area (Å²) in [6.07, 6.45) is 20.0. The van der Waals surface area contributed by atoms with E-state index in [-0.39, 0.29) is 11.8 Å². The van der Waals surface area contributed by atoms with E-state index in [0.717, 1.165) is 141 Å². The number of aliphatic hydroxyl groups excluding tert-OH is 14.